The average molecular weight is 651 g/mol. The number of para-hydroxylation sites is 3. The van der Waals surface area contributed by atoms with Crippen LogP contribution in [0.1, 0.15) is 0 Å². The normalized spacial score (nSPS) is 12.3. The zero-order chi connectivity index (χ0) is 33.2. The molecule has 0 aliphatic heterocycles. The van der Waals surface area contributed by atoms with Gasteiger partial charge in [-0.25, -0.2) is 4.98 Å². The van der Waals surface area contributed by atoms with Crippen molar-refractivity contribution in [2.45, 2.75) is 0 Å². The molecule has 7 aromatic carbocycles. The molecule has 0 amide bonds. The Morgan fingerprint density at radius 1 is 0.412 bits per heavy atom. The molecule has 0 atom stereocenters. The van der Waals surface area contributed by atoms with E-state index in [0.717, 1.165) is 44.0 Å². The van der Waals surface area contributed by atoms with Crippen LogP contribution in [-0.2, 0) is 0 Å². The molecule has 0 saturated carbocycles. The van der Waals surface area contributed by atoms with E-state index in [9.17, 15) is 0 Å². The molecule has 236 valence electrons. The quantitative estimate of drug-likeness (QED) is 0.191. The zero-order valence-corrected chi connectivity index (χ0v) is 27.2. The Morgan fingerprint density at radius 3 is 1.88 bits per heavy atom. The van der Waals surface area contributed by atoms with Crippen LogP contribution in [0.3, 0.4) is 0 Å². The van der Waals surface area contributed by atoms with Gasteiger partial charge in [-0.15, -0.1) is 0 Å². The molecule has 12 rings (SSSR count). The van der Waals surface area contributed by atoms with Crippen LogP contribution in [0, 0.1) is 0 Å². The van der Waals surface area contributed by atoms with Crippen molar-refractivity contribution < 1.29 is 4.42 Å². The van der Waals surface area contributed by atoms with Crippen LogP contribution in [0.4, 0.5) is 0 Å². The third kappa shape index (κ3) is 3.54. The predicted octanol–water partition coefficient (Wildman–Crippen LogP) is 12.0. The summed E-state index contributed by atoms with van der Waals surface area (Å²) in [5.41, 5.74) is 11.3. The third-order valence-corrected chi connectivity index (χ3v) is 10.7. The first-order chi connectivity index (χ1) is 25.3. The summed E-state index contributed by atoms with van der Waals surface area (Å²) in [6, 6.07) is 55.8. The molecule has 51 heavy (non-hydrogen) atoms. The summed E-state index contributed by atoms with van der Waals surface area (Å²) in [6.45, 7) is 0. The molecule has 12 aromatic rings. The number of hydrogen-bond donors (Lipinski definition) is 0. The van der Waals surface area contributed by atoms with Crippen LogP contribution in [0.25, 0.3) is 110 Å². The highest BCUT2D eigenvalue weighted by atomic mass is 16.3. The molecule has 0 aliphatic rings. The minimum Gasteiger partial charge on any atom is -0.437 e. The Hall–Kier alpha value is -6.98. The van der Waals surface area contributed by atoms with Crippen molar-refractivity contribution in [3.63, 3.8) is 0 Å². The molecule has 5 heterocycles. The summed E-state index contributed by atoms with van der Waals surface area (Å²) >= 11 is 0. The van der Waals surface area contributed by atoms with Gasteiger partial charge in [0.05, 0.1) is 38.7 Å². The van der Waals surface area contributed by atoms with E-state index < -0.39 is 0 Å². The van der Waals surface area contributed by atoms with Gasteiger partial charge in [-0.2, -0.15) is 4.98 Å². The Labute approximate surface area is 290 Å². The van der Waals surface area contributed by atoms with Gasteiger partial charge >= 0.3 is 0 Å². The topological polar surface area (TPSA) is 48.3 Å². The molecule has 5 nitrogen and oxygen atoms in total. The number of rotatable bonds is 3. The van der Waals surface area contributed by atoms with E-state index in [0.29, 0.717) is 11.7 Å². The molecule has 0 unspecified atom stereocenters. The summed E-state index contributed by atoms with van der Waals surface area (Å²) in [5, 5.41) is 9.20. The summed E-state index contributed by atoms with van der Waals surface area (Å²) in [5.74, 6) is 0.578. The van der Waals surface area contributed by atoms with Crippen molar-refractivity contribution >= 4 is 82.0 Å². The Morgan fingerprint density at radius 2 is 1.08 bits per heavy atom. The Bertz CT molecular complexity index is 3350. The summed E-state index contributed by atoms with van der Waals surface area (Å²) < 4.78 is 11.2. The summed E-state index contributed by atoms with van der Waals surface area (Å²) in [7, 11) is 0. The second-order valence-corrected chi connectivity index (χ2v) is 13.4. The van der Waals surface area contributed by atoms with Gasteiger partial charge in [0.2, 0.25) is 11.7 Å². The van der Waals surface area contributed by atoms with Crippen LogP contribution in [0.2, 0.25) is 0 Å². The van der Waals surface area contributed by atoms with Gasteiger partial charge in [0.15, 0.2) is 0 Å². The van der Waals surface area contributed by atoms with Crippen molar-refractivity contribution in [1.82, 2.24) is 18.9 Å². The van der Waals surface area contributed by atoms with E-state index in [-0.39, 0.29) is 0 Å². The number of hydrogen-bond acceptors (Lipinski definition) is 3. The first kappa shape index (κ1) is 26.9. The minimum atomic E-state index is 0.573. The molecule has 0 spiro atoms. The van der Waals surface area contributed by atoms with Gasteiger partial charge in [-0.05, 0) is 47.5 Å². The monoisotopic (exact) mass is 650 g/mol. The molecule has 0 aliphatic carbocycles. The fourth-order valence-electron chi connectivity index (χ4n) is 8.56. The standard InChI is InChI=1S/C46H26N4O/c1-3-13-27(14-4-1)29-23-24-37-34(25-29)40-38(26-33-30-17-7-10-20-35(30)49-36-21-11-8-18-31(36)41(40)44(33)49)50(37)46-47-43(28-15-5-2-6-16-28)42-32-19-9-12-22-39(32)51-45(42)48-46/h1-26H. The smallest absolute Gasteiger partial charge is 0.238 e. The fraction of sp³-hybridized carbons (Fsp3) is 0. The van der Waals surface area contributed by atoms with Crippen LogP contribution >= 0.6 is 0 Å². The van der Waals surface area contributed by atoms with Gasteiger partial charge in [0, 0.05) is 43.3 Å². The molecular formula is C46H26N4O. The first-order valence-electron chi connectivity index (χ1n) is 17.3. The lowest BCUT2D eigenvalue weighted by Gasteiger charge is -2.10. The summed E-state index contributed by atoms with van der Waals surface area (Å²) in [6.07, 6.45) is 0. The third-order valence-electron chi connectivity index (χ3n) is 10.7. The lowest BCUT2D eigenvalue weighted by molar-refractivity contribution is 0.651. The van der Waals surface area contributed by atoms with Gasteiger partial charge < -0.3 is 8.82 Å². The second kappa shape index (κ2) is 9.80. The van der Waals surface area contributed by atoms with Gasteiger partial charge in [0.25, 0.3) is 0 Å². The second-order valence-electron chi connectivity index (χ2n) is 13.4. The number of furan rings is 1. The maximum absolute atomic E-state index is 6.50. The van der Waals surface area contributed by atoms with Crippen molar-refractivity contribution in [3.8, 4) is 28.3 Å². The maximum Gasteiger partial charge on any atom is 0.238 e. The lowest BCUT2D eigenvalue weighted by atomic mass is 9.99. The highest BCUT2D eigenvalue weighted by Crippen LogP contribution is 2.47. The number of benzene rings is 7. The molecule has 0 radical (unpaired) electrons. The first-order valence-corrected chi connectivity index (χ1v) is 17.3. The van der Waals surface area contributed by atoms with Gasteiger partial charge in [-0.3, -0.25) is 4.57 Å². The highest BCUT2D eigenvalue weighted by Gasteiger charge is 2.26. The predicted molar refractivity (Wildman–Crippen MR) is 209 cm³/mol. The molecule has 0 bridgehead atoms. The molecular weight excluding hydrogens is 625 g/mol. The van der Waals surface area contributed by atoms with Crippen molar-refractivity contribution in [2.24, 2.45) is 0 Å². The van der Waals surface area contributed by atoms with Crippen molar-refractivity contribution in [1.29, 1.82) is 0 Å². The molecule has 0 saturated heterocycles. The summed E-state index contributed by atoms with van der Waals surface area (Å²) in [4.78, 5) is 10.7. The van der Waals surface area contributed by atoms with Crippen LogP contribution < -0.4 is 0 Å². The van der Waals surface area contributed by atoms with Crippen LogP contribution in [-0.4, -0.2) is 18.9 Å². The Kier molecular flexibility index (Phi) is 5.17. The number of fused-ring (bicyclic) bond motifs is 13. The van der Waals surface area contributed by atoms with E-state index in [1.807, 2.05) is 24.3 Å². The Balaban J connectivity index is 1.30. The maximum atomic E-state index is 6.50. The van der Waals surface area contributed by atoms with E-state index in [4.69, 9.17) is 14.4 Å². The average Bonchev–Trinajstić information content (AvgIpc) is 3.93. The SMILES string of the molecule is c1ccc(-c2ccc3c(c2)c2c4c5ccccc5n5c6ccccc6c(cc2n3-c2nc(-c3ccccc3)c3c(n2)oc2ccccc23)c45)cc1. The van der Waals surface area contributed by atoms with Crippen molar-refractivity contribution in [2.75, 3.05) is 0 Å². The largest absolute Gasteiger partial charge is 0.437 e. The van der Waals surface area contributed by atoms with E-state index in [2.05, 4.69) is 142 Å². The molecule has 0 fully saturated rings. The van der Waals surface area contributed by atoms with Crippen LogP contribution in [0.15, 0.2) is 162 Å². The molecule has 0 N–H and O–H groups in total. The molecule has 5 heteroatoms. The zero-order valence-electron chi connectivity index (χ0n) is 27.2. The molecule has 5 aromatic heterocycles. The van der Waals surface area contributed by atoms with E-state index in [1.54, 1.807) is 0 Å². The van der Waals surface area contributed by atoms with Crippen molar-refractivity contribution in [3.05, 3.63) is 158 Å². The van der Waals surface area contributed by atoms with E-state index in [1.165, 1.54) is 54.6 Å². The van der Waals surface area contributed by atoms with Gasteiger partial charge in [-0.1, -0.05) is 121 Å². The lowest BCUT2D eigenvalue weighted by Crippen LogP contribution is -2.03. The van der Waals surface area contributed by atoms with E-state index >= 15 is 0 Å². The number of nitrogens with zero attached hydrogens (tertiary/aromatic N) is 4. The fourth-order valence-corrected chi connectivity index (χ4v) is 8.56. The number of aromatic nitrogens is 4. The highest BCUT2D eigenvalue weighted by molar-refractivity contribution is 6.35. The van der Waals surface area contributed by atoms with Gasteiger partial charge in [0.1, 0.15) is 5.58 Å². The van der Waals surface area contributed by atoms with Crippen LogP contribution in [0.5, 0.6) is 0 Å². The minimum absolute atomic E-state index is 0.573.